The number of imidazole rings is 1. The topological polar surface area (TPSA) is 128 Å². The summed E-state index contributed by atoms with van der Waals surface area (Å²) in [5, 5.41) is 19.1. The molecule has 1 aliphatic heterocycles. The van der Waals surface area contributed by atoms with E-state index in [0.29, 0.717) is 4.31 Å². The van der Waals surface area contributed by atoms with Crippen molar-refractivity contribution in [3.8, 4) is 23.1 Å². The van der Waals surface area contributed by atoms with Crippen molar-refractivity contribution in [3.63, 3.8) is 0 Å². The number of nitrogens with zero attached hydrogens (tertiary/aromatic N) is 4. The van der Waals surface area contributed by atoms with E-state index in [9.17, 15) is 18.3 Å². The zero-order chi connectivity index (χ0) is 20.8. The zero-order valence-electron chi connectivity index (χ0n) is 15.2. The highest BCUT2D eigenvalue weighted by molar-refractivity contribution is 7.92. The number of nitrogens with one attached hydrogen (secondary N) is 1. The van der Waals surface area contributed by atoms with Gasteiger partial charge in [-0.2, -0.15) is 13.7 Å². The van der Waals surface area contributed by atoms with Gasteiger partial charge in [-0.1, -0.05) is 0 Å². The van der Waals surface area contributed by atoms with E-state index in [1.54, 1.807) is 17.2 Å². The first-order valence-corrected chi connectivity index (χ1v) is 10.5. The quantitative estimate of drug-likeness (QED) is 0.781. The lowest BCUT2D eigenvalue weighted by atomic mass is 9.87. The number of anilines is 1. The maximum atomic E-state index is 15.2. The van der Waals surface area contributed by atoms with Crippen molar-refractivity contribution in [2.24, 2.45) is 5.92 Å². The van der Waals surface area contributed by atoms with E-state index < -0.39 is 39.9 Å². The molecule has 2 heterocycles. The first-order valence-electron chi connectivity index (χ1n) is 9.08. The minimum atomic E-state index is -4.27. The standard InChI is InChI=1S/C18H18FN5O4S/c19-17-13(5-6-15(25)18(17)24-9-16(26)22-29(24,27)28)14-8-23(10-21-14)12-3-1-11(7-20)2-4-12/h5-6,8,10-12,25H,1-4,9H2,(H,22,26). The summed E-state index contributed by atoms with van der Waals surface area (Å²) in [5.41, 5.74) is -0.302. The number of rotatable bonds is 3. The van der Waals surface area contributed by atoms with Crippen molar-refractivity contribution in [1.82, 2.24) is 14.3 Å². The van der Waals surface area contributed by atoms with Crippen LogP contribution in [-0.2, 0) is 15.0 Å². The van der Waals surface area contributed by atoms with E-state index in [1.165, 1.54) is 12.1 Å². The molecule has 0 bridgehead atoms. The highest BCUT2D eigenvalue weighted by Crippen LogP contribution is 2.39. The molecule has 2 N–H and O–H groups in total. The summed E-state index contributed by atoms with van der Waals surface area (Å²) in [4.78, 5) is 15.7. The van der Waals surface area contributed by atoms with Crippen LogP contribution >= 0.6 is 0 Å². The van der Waals surface area contributed by atoms with E-state index in [-0.39, 0.29) is 23.2 Å². The first-order chi connectivity index (χ1) is 13.8. The molecule has 1 amide bonds. The van der Waals surface area contributed by atoms with Gasteiger partial charge in [-0.15, -0.1) is 0 Å². The number of carbonyl (C=O) groups excluding carboxylic acids is 1. The predicted molar refractivity (Wildman–Crippen MR) is 100 cm³/mol. The molecular weight excluding hydrogens is 401 g/mol. The number of amides is 1. The van der Waals surface area contributed by atoms with Crippen LogP contribution in [0.2, 0.25) is 0 Å². The summed E-state index contributed by atoms with van der Waals surface area (Å²) in [7, 11) is -4.27. The van der Waals surface area contributed by atoms with Gasteiger partial charge >= 0.3 is 10.2 Å². The predicted octanol–water partition coefficient (Wildman–Crippen LogP) is 1.83. The average molecular weight is 419 g/mol. The third-order valence-electron chi connectivity index (χ3n) is 5.34. The third-order valence-corrected chi connectivity index (χ3v) is 6.72. The Morgan fingerprint density at radius 2 is 2.00 bits per heavy atom. The molecular formula is C18H18FN5O4S. The van der Waals surface area contributed by atoms with Crippen LogP contribution in [-0.4, -0.2) is 35.5 Å². The van der Waals surface area contributed by atoms with Crippen molar-refractivity contribution >= 4 is 21.8 Å². The normalized spacial score (nSPS) is 23.6. The molecule has 29 heavy (non-hydrogen) atoms. The molecule has 1 aromatic carbocycles. The Morgan fingerprint density at radius 3 is 2.62 bits per heavy atom. The number of carbonyl (C=O) groups is 1. The molecule has 152 valence electrons. The van der Waals surface area contributed by atoms with Crippen LogP contribution in [0.15, 0.2) is 24.7 Å². The highest BCUT2D eigenvalue weighted by atomic mass is 32.2. The molecule has 1 saturated heterocycles. The summed E-state index contributed by atoms with van der Waals surface area (Å²) < 4.78 is 43.4. The van der Waals surface area contributed by atoms with Gasteiger partial charge in [0.2, 0.25) is 0 Å². The van der Waals surface area contributed by atoms with Crippen molar-refractivity contribution in [3.05, 3.63) is 30.5 Å². The summed E-state index contributed by atoms with van der Waals surface area (Å²) >= 11 is 0. The van der Waals surface area contributed by atoms with E-state index >= 15 is 4.39 Å². The fraction of sp³-hybridized carbons (Fsp3) is 0.389. The maximum Gasteiger partial charge on any atom is 0.326 e. The van der Waals surface area contributed by atoms with Gasteiger partial charge in [0.05, 0.1) is 18.1 Å². The second kappa shape index (κ2) is 7.04. The molecule has 2 aliphatic rings. The van der Waals surface area contributed by atoms with Gasteiger partial charge in [0, 0.05) is 23.7 Å². The molecule has 0 atom stereocenters. The van der Waals surface area contributed by atoms with Gasteiger partial charge < -0.3 is 9.67 Å². The van der Waals surface area contributed by atoms with Crippen LogP contribution in [0.3, 0.4) is 0 Å². The van der Waals surface area contributed by atoms with E-state index in [1.807, 2.05) is 4.57 Å². The molecule has 4 rings (SSSR count). The van der Waals surface area contributed by atoms with Crippen LogP contribution in [0.5, 0.6) is 5.75 Å². The largest absolute Gasteiger partial charge is 0.506 e. The number of aromatic hydroxyl groups is 1. The molecule has 1 aliphatic carbocycles. The van der Waals surface area contributed by atoms with Gasteiger partial charge in [0.15, 0.2) is 5.82 Å². The highest BCUT2D eigenvalue weighted by Gasteiger charge is 2.38. The smallest absolute Gasteiger partial charge is 0.326 e. The molecule has 0 spiro atoms. The number of hydrogen-bond donors (Lipinski definition) is 2. The number of hydrogen-bond acceptors (Lipinski definition) is 6. The van der Waals surface area contributed by atoms with Crippen LogP contribution < -0.4 is 9.03 Å². The van der Waals surface area contributed by atoms with Crippen LogP contribution in [0, 0.1) is 23.1 Å². The average Bonchev–Trinajstić information content (AvgIpc) is 3.26. The Balaban J connectivity index is 1.67. The molecule has 0 unspecified atom stereocenters. The Labute approximate surface area is 166 Å². The monoisotopic (exact) mass is 419 g/mol. The number of phenolic OH excluding ortho intramolecular Hbond substituents is 1. The lowest BCUT2D eigenvalue weighted by Gasteiger charge is -2.25. The summed E-state index contributed by atoms with van der Waals surface area (Å²) in [6, 6.07) is 4.92. The van der Waals surface area contributed by atoms with E-state index in [0.717, 1.165) is 25.7 Å². The third kappa shape index (κ3) is 3.40. The minimum Gasteiger partial charge on any atom is -0.506 e. The molecule has 11 heteroatoms. The van der Waals surface area contributed by atoms with Crippen molar-refractivity contribution in [2.75, 3.05) is 10.8 Å². The molecule has 1 saturated carbocycles. The fourth-order valence-corrected chi connectivity index (χ4v) is 4.98. The fourth-order valence-electron chi connectivity index (χ4n) is 3.81. The summed E-state index contributed by atoms with van der Waals surface area (Å²) in [6.07, 6.45) is 6.46. The summed E-state index contributed by atoms with van der Waals surface area (Å²) in [5.74, 6) is -2.33. The lowest BCUT2D eigenvalue weighted by Crippen LogP contribution is -2.30. The minimum absolute atomic E-state index is 0.0109. The van der Waals surface area contributed by atoms with Crippen molar-refractivity contribution < 1.29 is 22.7 Å². The molecule has 2 aromatic rings. The molecule has 2 fully saturated rings. The molecule has 9 nitrogen and oxygen atoms in total. The number of aromatic nitrogens is 2. The van der Waals surface area contributed by atoms with E-state index in [2.05, 4.69) is 11.1 Å². The van der Waals surface area contributed by atoms with Crippen LogP contribution in [0.1, 0.15) is 31.7 Å². The number of halogens is 1. The number of nitriles is 1. The zero-order valence-corrected chi connectivity index (χ0v) is 16.1. The van der Waals surface area contributed by atoms with Crippen molar-refractivity contribution in [2.45, 2.75) is 31.7 Å². The van der Waals surface area contributed by atoms with E-state index in [4.69, 9.17) is 5.26 Å². The maximum absolute atomic E-state index is 15.2. The van der Waals surface area contributed by atoms with Gasteiger partial charge in [-0.25, -0.2) is 18.4 Å². The van der Waals surface area contributed by atoms with Crippen molar-refractivity contribution in [1.29, 1.82) is 5.26 Å². The lowest BCUT2D eigenvalue weighted by molar-refractivity contribution is -0.117. The van der Waals surface area contributed by atoms with Crippen LogP contribution in [0.25, 0.3) is 11.3 Å². The Morgan fingerprint density at radius 1 is 1.28 bits per heavy atom. The second-order valence-corrected chi connectivity index (χ2v) is 8.77. The Kier molecular flexibility index (Phi) is 4.66. The Hall–Kier alpha value is -3.13. The van der Waals surface area contributed by atoms with Gasteiger partial charge in [0.1, 0.15) is 18.0 Å². The number of benzene rings is 1. The SMILES string of the molecule is N#CC1CCC(n2cnc(-c3ccc(O)c(N4CC(=O)NS4(=O)=O)c3F)c2)CC1. The van der Waals surface area contributed by atoms with Gasteiger partial charge in [-0.3, -0.25) is 4.79 Å². The van der Waals surface area contributed by atoms with Gasteiger partial charge in [0.25, 0.3) is 5.91 Å². The first kappa shape index (κ1) is 19.2. The second-order valence-electron chi connectivity index (χ2n) is 7.17. The Bertz CT molecular complexity index is 1120. The van der Waals surface area contributed by atoms with Crippen LogP contribution in [0.4, 0.5) is 10.1 Å². The molecule has 0 radical (unpaired) electrons. The van der Waals surface area contributed by atoms with Gasteiger partial charge in [-0.05, 0) is 37.8 Å². The summed E-state index contributed by atoms with van der Waals surface area (Å²) in [6.45, 7) is -0.618. The number of phenols is 1. The molecule has 1 aromatic heterocycles.